The number of hydrogen-bond acceptors (Lipinski definition) is 3. The van der Waals surface area contributed by atoms with Gasteiger partial charge in [-0.1, -0.05) is 0 Å². The molecule has 88 valence electrons. The summed E-state index contributed by atoms with van der Waals surface area (Å²) < 4.78 is 0. The Labute approximate surface area is 97.8 Å². The molecule has 0 aliphatic carbocycles. The molecule has 0 bridgehead atoms. The summed E-state index contributed by atoms with van der Waals surface area (Å²) in [5.74, 6) is 0. The number of rotatable bonds is 1. The summed E-state index contributed by atoms with van der Waals surface area (Å²) in [6.07, 6.45) is 0. The van der Waals surface area contributed by atoms with Gasteiger partial charge in [0.25, 0.3) is 0 Å². The van der Waals surface area contributed by atoms with E-state index in [1.54, 1.807) is 0 Å². The van der Waals surface area contributed by atoms with Gasteiger partial charge in [0, 0.05) is 26.2 Å². The normalized spacial score (nSPS) is 17.8. The molecule has 1 heterocycles. The van der Waals surface area contributed by atoms with Crippen LogP contribution in [-0.2, 0) is 0 Å². The lowest BCUT2D eigenvalue weighted by molar-refractivity contribution is 0.313. The second kappa shape index (κ2) is 4.34. The van der Waals surface area contributed by atoms with Gasteiger partial charge in [-0.25, -0.2) is 0 Å². The molecule has 16 heavy (non-hydrogen) atoms. The van der Waals surface area contributed by atoms with Gasteiger partial charge in [-0.15, -0.1) is 0 Å². The molecule has 1 fully saturated rings. The third kappa shape index (κ3) is 2.14. The maximum absolute atomic E-state index is 6.10. The van der Waals surface area contributed by atoms with Crippen LogP contribution in [0.2, 0.25) is 0 Å². The van der Waals surface area contributed by atoms with E-state index in [0.29, 0.717) is 0 Å². The number of nitrogen functional groups attached to an aromatic ring is 1. The van der Waals surface area contributed by atoms with Gasteiger partial charge in [0.05, 0.1) is 11.4 Å². The maximum Gasteiger partial charge on any atom is 0.0603 e. The van der Waals surface area contributed by atoms with Gasteiger partial charge in [0.2, 0.25) is 0 Å². The first-order valence-electron chi connectivity index (χ1n) is 5.88. The Morgan fingerprint density at radius 3 is 2.19 bits per heavy atom. The highest BCUT2D eigenvalue weighted by Gasteiger charge is 2.16. The van der Waals surface area contributed by atoms with Crippen molar-refractivity contribution >= 4 is 11.4 Å². The summed E-state index contributed by atoms with van der Waals surface area (Å²) in [7, 11) is 2.17. The van der Waals surface area contributed by atoms with Gasteiger partial charge in [-0.2, -0.15) is 0 Å². The first kappa shape index (κ1) is 11.3. The first-order valence-corrected chi connectivity index (χ1v) is 5.88. The average Bonchev–Trinajstić information content (AvgIpc) is 2.25. The minimum atomic E-state index is 0.910. The SMILES string of the molecule is Cc1cc(N)c(N2CCN(C)CC2)cc1C. The Hall–Kier alpha value is -1.22. The number of piperazine rings is 1. The third-order valence-corrected chi connectivity index (χ3v) is 3.49. The summed E-state index contributed by atoms with van der Waals surface area (Å²) in [6, 6.07) is 4.30. The standard InChI is InChI=1S/C13H21N3/c1-10-8-12(14)13(9-11(10)2)16-6-4-15(3)5-7-16/h8-9H,4-7,14H2,1-3H3. The molecule has 1 aliphatic rings. The number of benzene rings is 1. The van der Waals surface area contributed by atoms with Crippen molar-refractivity contribution in [3.63, 3.8) is 0 Å². The molecule has 1 aliphatic heterocycles. The van der Waals surface area contributed by atoms with Crippen LogP contribution in [0.5, 0.6) is 0 Å². The Balaban J connectivity index is 2.23. The quantitative estimate of drug-likeness (QED) is 0.729. The largest absolute Gasteiger partial charge is 0.397 e. The van der Waals surface area contributed by atoms with Crippen LogP contribution in [0.3, 0.4) is 0 Å². The summed E-state index contributed by atoms with van der Waals surface area (Å²) >= 11 is 0. The topological polar surface area (TPSA) is 32.5 Å². The molecule has 0 spiro atoms. The zero-order chi connectivity index (χ0) is 11.7. The molecular weight excluding hydrogens is 198 g/mol. The molecular formula is C13H21N3. The Bertz CT molecular complexity index is 379. The number of likely N-dealkylation sites (N-methyl/N-ethyl adjacent to an activating group) is 1. The summed E-state index contributed by atoms with van der Waals surface area (Å²) in [5, 5.41) is 0. The number of nitrogens with two attached hydrogens (primary N) is 1. The highest BCUT2D eigenvalue weighted by Crippen LogP contribution is 2.27. The fourth-order valence-corrected chi connectivity index (χ4v) is 2.14. The van der Waals surface area contributed by atoms with E-state index in [-0.39, 0.29) is 0 Å². The molecule has 1 saturated heterocycles. The molecule has 1 aromatic rings. The van der Waals surface area contributed by atoms with Gasteiger partial charge in [0.1, 0.15) is 0 Å². The second-order valence-electron chi connectivity index (χ2n) is 4.79. The zero-order valence-corrected chi connectivity index (χ0v) is 10.5. The van der Waals surface area contributed by atoms with Crippen molar-refractivity contribution in [1.29, 1.82) is 0 Å². The van der Waals surface area contributed by atoms with Crippen molar-refractivity contribution in [3.05, 3.63) is 23.3 Å². The van der Waals surface area contributed by atoms with Crippen LogP contribution >= 0.6 is 0 Å². The van der Waals surface area contributed by atoms with Crippen molar-refractivity contribution in [1.82, 2.24) is 4.90 Å². The van der Waals surface area contributed by atoms with E-state index in [1.807, 2.05) is 0 Å². The van der Waals surface area contributed by atoms with Gasteiger partial charge >= 0.3 is 0 Å². The monoisotopic (exact) mass is 219 g/mol. The lowest BCUT2D eigenvalue weighted by atomic mass is 10.1. The minimum Gasteiger partial charge on any atom is -0.397 e. The van der Waals surface area contributed by atoms with Crippen LogP contribution in [-0.4, -0.2) is 38.1 Å². The molecule has 2 N–H and O–H groups in total. The van der Waals surface area contributed by atoms with E-state index < -0.39 is 0 Å². The van der Waals surface area contributed by atoms with Crippen molar-refractivity contribution in [3.8, 4) is 0 Å². The van der Waals surface area contributed by atoms with Crippen LogP contribution in [0.25, 0.3) is 0 Å². The lowest BCUT2D eigenvalue weighted by Gasteiger charge is -2.35. The van der Waals surface area contributed by atoms with Crippen molar-refractivity contribution in [2.75, 3.05) is 43.9 Å². The van der Waals surface area contributed by atoms with Crippen molar-refractivity contribution < 1.29 is 0 Å². The molecule has 0 atom stereocenters. The van der Waals surface area contributed by atoms with E-state index in [4.69, 9.17) is 5.73 Å². The summed E-state index contributed by atoms with van der Waals surface area (Å²) in [4.78, 5) is 4.75. The van der Waals surface area contributed by atoms with E-state index in [9.17, 15) is 0 Å². The van der Waals surface area contributed by atoms with Gasteiger partial charge in [0.15, 0.2) is 0 Å². The van der Waals surface area contributed by atoms with Crippen LogP contribution in [0, 0.1) is 13.8 Å². The van der Waals surface area contributed by atoms with E-state index >= 15 is 0 Å². The van der Waals surface area contributed by atoms with Crippen molar-refractivity contribution in [2.24, 2.45) is 0 Å². The van der Waals surface area contributed by atoms with Crippen LogP contribution in [0.1, 0.15) is 11.1 Å². The maximum atomic E-state index is 6.10. The van der Waals surface area contributed by atoms with E-state index in [2.05, 4.69) is 42.8 Å². The zero-order valence-electron chi connectivity index (χ0n) is 10.5. The molecule has 0 unspecified atom stereocenters. The third-order valence-electron chi connectivity index (χ3n) is 3.49. The number of aryl methyl sites for hydroxylation is 2. The molecule has 3 heteroatoms. The number of hydrogen-bond donors (Lipinski definition) is 1. The van der Waals surface area contributed by atoms with Gasteiger partial charge in [-0.3, -0.25) is 0 Å². The molecule has 3 nitrogen and oxygen atoms in total. The Kier molecular flexibility index (Phi) is 3.06. The molecule has 0 saturated carbocycles. The number of nitrogens with zero attached hydrogens (tertiary/aromatic N) is 2. The fraction of sp³-hybridized carbons (Fsp3) is 0.538. The molecule has 0 aromatic heterocycles. The average molecular weight is 219 g/mol. The Morgan fingerprint density at radius 1 is 1.00 bits per heavy atom. The minimum absolute atomic E-state index is 0.910. The molecule has 2 rings (SSSR count). The first-order chi connectivity index (χ1) is 7.58. The van der Waals surface area contributed by atoms with Crippen LogP contribution in [0.4, 0.5) is 11.4 Å². The molecule has 1 aromatic carbocycles. The van der Waals surface area contributed by atoms with E-state index in [0.717, 1.165) is 31.9 Å². The summed E-state index contributed by atoms with van der Waals surface area (Å²) in [5.41, 5.74) is 10.8. The predicted octanol–water partition coefficient (Wildman–Crippen LogP) is 1.64. The van der Waals surface area contributed by atoms with Crippen LogP contribution in [0.15, 0.2) is 12.1 Å². The van der Waals surface area contributed by atoms with Gasteiger partial charge in [-0.05, 0) is 44.2 Å². The fourth-order valence-electron chi connectivity index (χ4n) is 2.14. The Morgan fingerprint density at radius 2 is 1.56 bits per heavy atom. The molecule has 0 amide bonds. The molecule has 0 radical (unpaired) electrons. The lowest BCUT2D eigenvalue weighted by Crippen LogP contribution is -2.44. The summed E-state index contributed by atoms with van der Waals surface area (Å²) in [6.45, 7) is 8.64. The van der Waals surface area contributed by atoms with Gasteiger partial charge < -0.3 is 15.5 Å². The highest BCUT2D eigenvalue weighted by atomic mass is 15.2. The highest BCUT2D eigenvalue weighted by molar-refractivity contribution is 5.70. The second-order valence-corrected chi connectivity index (χ2v) is 4.79. The van der Waals surface area contributed by atoms with E-state index in [1.165, 1.54) is 16.8 Å². The van der Waals surface area contributed by atoms with Crippen LogP contribution < -0.4 is 10.6 Å². The van der Waals surface area contributed by atoms with Crippen molar-refractivity contribution in [2.45, 2.75) is 13.8 Å². The predicted molar refractivity (Wildman–Crippen MR) is 70.0 cm³/mol. The number of anilines is 2. The smallest absolute Gasteiger partial charge is 0.0603 e.